The molecule has 1 nitrogen and oxygen atoms in total. The molecule has 2 aromatic rings. The summed E-state index contributed by atoms with van der Waals surface area (Å²) in [5.41, 5.74) is 2.62. The molecule has 106 valence electrons. The van der Waals surface area contributed by atoms with Crippen LogP contribution in [0.3, 0.4) is 0 Å². The number of hydrogen-bond donors (Lipinski definition) is 0. The Morgan fingerprint density at radius 1 is 1.05 bits per heavy atom. The normalized spacial score (nSPS) is 14.7. The van der Waals surface area contributed by atoms with Crippen molar-refractivity contribution in [3.63, 3.8) is 0 Å². The van der Waals surface area contributed by atoms with E-state index in [9.17, 15) is 0 Å². The van der Waals surface area contributed by atoms with Crippen LogP contribution in [0.5, 0.6) is 5.75 Å². The fraction of sp³-hybridized carbons (Fsp3) is 0.333. The van der Waals surface area contributed by atoms with Crippen molar-refractivity contribution in [3.05, 3.63) is 64.1 Å². The Bertz CT molecular complexity index is 571. The molecule has 0 bridgehead atoms. The van der Waals surface area contributed by atoms with Crippen LogP contribution < -0.4 is 23.6 Å². The molecule has 2 aromatic carbocycles. The van der Waals surface area contributed by atoms with Gasteiger partial charge in [0.15, 0.2) is 0 Å². The first kappa shape index (κ1) is 16.7. The van der Waals surface area contributed by atoms with Crippen LogP contribution in [0.1, 0.15) is 44.2 Å². The van der Waals surface area contributed by atoms with Crippen LogP contribution in [0.2, 0.25) is 0 Å². The molecule has 0 amide bonds. The Morgan fingerprint density at radius 3 is 2.48 bits per heavy atom. The van der Waals surface area contributed by atoms with Crippen molar-refractivity contribution in [2.45, 2.75) is 38.2 Å². The predicted octanol–water partition coefficient (Wildman–Crippen LogP) is 2.80. The van der Waals surface area contributed by atoms with Gasteiger partial charge in [0.1, 0.15) is 12.4 Å². The van der Waals surface area contributed by atoms with E-state index in [1.165, 1.54) is 41.3 Å². The molecule has 0 heterocycles. The van der Waals surface area contributed by atoms with Crippen molar-refractivity contribution >= 4 is 15.9 Å². The van der Waals surface area contributed by atoms with E-state index < -0.39 is 0 Å². The molecule has 3 heteroatoms. The van der Waals surface area contributed by atoms with Crippen LogP contribution in [0, 0.1) is 0 Å². The van der Waals surface area contributed by atoms with Crippen LogP contribution in [-0.2, 0) is 6.61 Å². The van der Waals surface area contributed by atoms with Crippen LogP contribution >= 0.6 is 15.9 Å². The summed E-state index contributed by atoms with van der Waals surface area (Å²) in [7, 11) is 0. The van der Waals surface area contributed by atoms with Gasteiger partial charge in [-0.3, -0.25) is 0 Å². The molecular formula is C18H20BrLiO. The first-order chi connectivity index (χ1) is 9.83. The zero-order valence-electron chi connectivity index (χ0n) is 13.5. The van der Waals surface area contributed by atoms with E-state index in [4.69, 9.17) is 4.74 Å². The smallest absolute Gasteiger partial charge is 1.00 e. The average molecular weight is 339 g/mol. The van der Waals surface area contributed by atoms with Gasteiger partial charge < -0.3 is 6.16 Å². The number of ether oxygens (including phenoxy) is 1. The van der Waals surface area contributed by atoms with E-state index in [-0.39, 0.29) is 20.3 Å². The zero-order valence-corrected chi connectivity index (χ0v) is 14.1. The van der Waals surface area contributed by atoms with Crippen molar-refractivity contribution in [1.82, 2.24) is 0 Å². The molecule has 1 aliphatic rings. The summed E-state index contributed by atoms with van der Waals surface area (Å²) in [6.07, 6.45) is 5.32. The molecule has 3 rings (SSSR count). The summed E-state index contributed by atoms with van der Waals surface area (Å²) in [6, 6.07) is 16.7. The minimum absolute atomic E-state index is 0. The molecule has 1 aliphatic carbocycles. The number of benzene rings is 2. The third kappa shape index (κ3) is 4.39. The Labute approximate surface area is 148 Å². The maximum absolute atomic E-state index is 5.93. The summed E-state index contributed by atoms with van der Waals surface area (Å²) >= 11 is 3.68. The topological polar surface area (TPSA) is 9.23 Å². The van der Waals surface area contributed by atoms with Crippen molar-refractivity contribution < 1.29 is 25.0 Å². The van der Waals surface area contributed by atoms with E-state index in [2.05, 4.69) is 40.2 Å². The molecule has 0 aliphatic heterocycles. The van der Waals surface area contributed by atoms with E-state index in [1.807, 2.05) is 24.3 Å². The summed E-state index contributed by atoms with van der Waals surface area (Å²) in [5, 5.41) is 0. The Morgan fingerprint density at radius 2 is 1.76 bits per heavy atom. The fourth-order valence-corrected chi connectivity index (χ4v) is 3.47. The summed E-state index contributed by atoms with van der Waals surface area (Å²) < 4.78 is 7.15. The molecule has 0 saturated heterocycles. The second-order valence-corrected chi connectivity index (χ2v) is 6.29. The first-order valence-corrected chi connectivity index (χ1v) is 8.08. The molecular weight excluding hydrogens is 319 g/mol. The van der Waals surface area contributed by atoms with Gasteiger partial charge in [0, 0.05) is 4.47 Å². The third-order valence-corrected chi connectivity index (χ3v) is 4.73. The van der Waals surface area contributed by atoms with E-state index in [0.717, 1.165) is 5.75 Å². The monoisotopic (exact) mass is 338 g/mol. The average Bonchev–Trinajstić information content (AvgIpc) is 3.01. The second-order valence-electron chi connectivity index (χ2n) is 5.44. The van der Waals surface area contributed by atoms with Gasteiger partial charge in [0.25, 0.3) is 0 Å². The molecule has 0 radical (unpaired) electrons. The second kappa shape index (κ2) is 8.08. The summed E-state index contributed by atoms with van der Waals surface area (Å²) in [4.78, 5) is 0. The van der Waals surface area contributed by atoms with Gasteiger partial charge in [0.2, 0.25) is 0 Å². The number of rotatable bonds is 4. The van der Waals surface area contributed by atoms with Crippen LogP contribution in [-0.4, -0.2) is 0 Å². The molecule has 1 fully saturated rings. The zero-order chi connectivity index (χ0) is 13.8. The molecule has 0 spiro atoms. The molecule has 0 atom stereocenters. The van der Waals surface area contributed by atoms with E-state index in [1.54, 1.807) is 0 Å². The minimum atomic E-state index is 0. The maximum atomic E-state index is 5.93. The molecule has 1 saturated carbocycles. The molecule has 0 unspecified atom stereocenters. The molecule has 21 heavy (non-hydrogen) atoms. The number of hydrogen-bond acceptors (Lipinski definition) is 1. The van der Waals surface area contributed by atoms with E-state index in [0.29, 0.717) is 12.5 Å². The van der Waals surface area contributed by atoms with Crippen molar-refractivity contribution in [2.75, 3.05) is 0 Å². The Hall–Kier alpha value is -0.683. The minimum Gasteiger partial charge on any atom is -1.00 e. The van der Waals surface area contributed by atoms with Gasteiger partial charge in [-0.05, 0) is 48.1 Å². The Balaban J connectivity index is 0.00000121. The largest absolute Gasteiger partial charge is 1.00 e. The Kier molecular flexibility index (Phi) is 6.42. The van der Waals surface area contributed by atoms with Crippen molar-refractivity contribution in [2.24, 2.45) is 0 Å². The van der Waals surface area contributed by atoms with Crippen LogP contribution in [0.15, 0.2) is 53.0 Å². The van der Waals surface area contributed by atoms with Gasteiger partial charge in [-0.25, -0.2) is 0 Å². The van der Waals surface area contributed by atoms with Crippen molar-refractivity contribution in [3.8, 4) is 5.75 Å². The van der Waals surface area contributed by atoms with E-state index >= 15 is 0 Å². The van der Waals surface area contributed by atoms with Gasteiger partial charge >= 0.3 is 18.9 Å². The first-order valence-electron chi connectivity index (χ1n) is 7.29. The van der Waals surface area contributed by atoms with Gasteiger partial charge in [-0.15, -0.1) is 0 Å². The molecule has 0 aromatic heterocycles. The fourth-order valence-electron chi connectivity index (χ4n) is 2.90. The summed E-state index contributed by atoms with van der Waals surface area (Å²) in [5.74, 6) is 1.67. The SMILES string of the molecule is Brc1ccc(OCc2ccccc2)cc1C1CCCC1.[H-].[Li+]. The maximum Gasteiger partial charge on any atom is 1.00 e. The van der Waals surface area contributed by atoms with Crippen LogP contribution in [0.4, 0.5) is 0 Å². The molecule has 0 N–H and O–H groups in total. The summed E-state index contributed by atoms with van der Waals surface area (Å²) in [6.45, 7) is 0.632. The number of halogens is 1. The van der Waals surface area contributed by atoms with Gasteiger partial charge in [-0.1, -0.05) is 59.1 Å². The van der Waals surface area contributed by atoms with Crippen LogP contribution in [0.25, 0.3) is 0 Å². The third-order valence-electron chi connectivity index (χ3n) is 4.01. The quantitative estimate of drug-likeness (QED) is 0.779. The van der Waals surface area contributed by atoms with Gasteiger partial charge in [-0.2, -0.15) is 0 Å². The standard InChI is InChI=1S/C18H19BrO.Li.H/c19-18-11-10-16(12-17(18)15-8-4-5-9-15)20-13-14-6-2-1-3-7-14;;/h1-3,6-7,10-12,15H,4-5,8-9,13H2;;/q;+1;-1. The van der Waals surface area contributed by atoms with Crippen molar-refractivity contribution in [1.29, 1.82) is 0 Å². The predicted molar refractivity (Wildman–Crippen MR) is 87.2 cm³/mol. The van der Waals surface area contributed by atoms with Gasteiger partial charge in [0.05, 0.1) is 0 Å².